The quantitative estimate of drug-likeness (QED) is 0.691. The van der Waals surface area contributed by atoms with Gasteiger partial charge in [-0.05, 0) is 18.2 Å². The van der Waals surface area contributed by atoms with Gasteiger partial charge < -0.3 is 0 Å². The second-order valence-electron chi connectivity index (χ2n) is 3.31. The first-order valence-corrected chi connectivity index (χ1v) is 4.37. The molecule has 0 aliphatic heterocycles. The van der Waals surface area contributed by atoms with Crippen LogP contribution in [-0.4, -0.2) is 9.78 Å². The summed E-state index contributed by atoms with van der Waals surface area (Å²) in [4.78, 5) is 0. The van der Waals surface area contributed by atoms with Crippen molar-refractivity contribution in [2.24, 2.45) is 7.05 Å². The van der Waals surface area contributed by atoms with Crippen molar-refractivity contribution in [1.82, 2.24) is 9.78 Å². The molecule has 16 heavy (non-hydrogen) atoms. The van der Waals surface area contributed by atoms with E-state index in [1.807, 2.05) is 6.07 Å². The normalized spacial score (nSPS) is 11.7. The first kappa shape index (κ1) is 10.5. The Morgan fingerprint density at radius 3 is 2.62 bits per heavy atom. The number of hydrogen-bond donors (Lipinski definition) is 0. The molecular weight excluding hydrogens is 219 g/mol. The molecule has 1 aromatic heterocycles. The molecule has 0 radical (unpaired) electrons. The van der Waals surface area contributed by atoms with Gasteiger partial charge in [0.1, 0.15) is 11.8 Å². The summed E-state index contributed by atoms with van der Waals surface area (Å²) in [6, 6.07) is 4.99. The molecule has 0 saturated heterocycles. The highest BCUT2D eigenvalue weighted by atomic mass is 19.4. The molecule has 0 unspecified atom stereocenters. The molecule has 1 aromatic carbocycles. The Labute approximate surface area is 88.7 Å². The zero-order chi connectivity index (χ0) is 11.9. The topological polar surface area (TPSA) is 41.6 Å². The molecule has 1 heterocycles. The third-order valence-electron chi connectivity index (χ3n) is 2.27. The van der Waals surface area contributed by atoms with E-state index in [4.69, 9.17) is 5.26 Å². The fourth-order valence-electron chi connectivity index (χ4n) is 1.51. The van der Waals surface area contributed by atoms with Gasteiger partial charge in [-0.25, -0.2) is 0 Å². The van der Waals surface area contributed by atoms with E-state index in [0.717, 1.165) is 12.1 Å². The van der Waals surface area contributed by atoms with Crippen LogP contribution in [0.15, 0.2) is 18.2 Å². The van der Waals surface area contributed by atoms with Crippen molar-refractivity contribution in [3.63, 3.8) is 0 Å². The third kappa shape index (κ3) is 1.50. The summed E-state index contributed by atoms with van der Waals surface area (Å²) >= 11 is 0. The van der Waals surface area contributed by atoms with Crippen LogP contribution in [0.3, 0.4) is 0 Å². The van der Waals surface area contributed by atoms with Gasteiger partial charge in [0.05, 0.1) is 11.1 Å². The highest BCUT2D eigenvalue weighted by Crippen LogP contribution is 2.31. The van der Waals surface area contributed by atoms with Crippen LogP contribution in [0.2, 0.25) is 0 Å². The van der Waals surface area contributed by atoms with E-state index in [1.54, 1.807) is 0 Å². The van der Waals surface area contributed by atoms with Crippen molar-refractivity contribution in [3.05, 3.63) is 29.5 Å². The Kier molecular flexibility index (Phi) is 2.12. The van der Waals surface area contributed by atoms with Crippen LogP contribution in [0.1, 0.15) is 11.3 Å². The van der Waals surface area contributed by atoms with E-state index >= 15 is 0 Å². The Balaban J connectivity index is 2.75. The van der Waals surface area contributed by atoms with E-state index in [2.05, 4.69) is 5.10 Å². The minimum atomic E-state index is -4.41. The van der Waals surface area contributed by atoms with Gasteiger partial charge in [0.25, 0.3) is 0 Å². The molecule has 0 aliphatic carbocycles. The maximum Gasteiger partial charge on any atom is 0.416 e. The highest BCUT2D eigenvalue weighted by molar-refractivity contribution is 5.84. The Bertz CT molecular complexity index is 590. The van der Waals surface area contributed by atoms with Crippen molar-refractivity contribution in [2.75, 3.05) is 0 Å². The van der Waals surface area contributed by atoms with E-state index in [-0.39, 0.29) is 11.1 Å². The number of fused-ring (bicyclic) bond motifs is 1. The average Bonchev–Trinajstić information content (AvgIpc) is 2.50. The first-order chi connectivity index (χ1) is 7.43. The molecule has 0 N–H and O–H groups in total. The fraction of sp³-hybridized carbons (Fsp3) is 0.200. The number of benzene rings is 1. The maximum absolute atomic E-state index is 12.4. The lowest BCUT2D eigenvalue weighted by molar-refractivity contribution is -0.137. The largest absolute Gasteiger partial charge is 0.416 e. The van der Waals surface area contributed by atoms with Crippen molar-refractivity contribution in [1.29, 1.82) is 5.26 Å². The average molecular weight is 225 g/mol. The Morgan fingerprint density at radius 2 is 2.06 bits per heavy atom. The minimum absolute atomic E-state index is 0.126. The highest BCUT2D eigenvalue weighted by Gasteiger charge is 2.31. The number of aryl methyl sites for hydroxylation is 1. The molecule has 0 saturated carbocycles. The predicted molar refractivity (Wildman–Crippen MR) is 50.4 cm³/mol. The molecule has 0 bridgehead atoms. The number of halogens is 3. The zero-order valence-corrected chi connectivity index (χ0v) is 8.21. The number of aromatic nitrogens is 2. The second-order valence-corrected chi connectivity index (χ2v) is 3.31. The number of nitrogens with zero attached hydrogens (tertiary/aromatic N) is 3. The van der Waals surface area contributed by atoms with Crippen LogP contribution in [0.25, 0.3) is 10.9 Å². The number of nitriles is 1. The zero-order valence-electron chi connectivity index (χ0n) is 8.21. The summed E-state index contributed by atoms with van der Waals surface area (Å²) in [7, 11) is 1.52. The van der Waals surface area contributed by atoms with Gasteiger partial charge in [0.2, 0.25) is 0 Å². The molecule has 0 fully saturated rings. The predicted octanol–water partition coefficient (Wildman–Crippen LogP) is 2.46. The molecule has 3 nitrogen and oxygen atoms in total. The van der Waals surface area contributed by atoms with Gasteiger partial charge in [-0.1, -0.05) is 0 Å². The molecule has 6 heteroatoms. The molecule has 0 aliphatic rings. The summed E-state index contributed by atoms with van der Waals surface area (Å²) in [6.07, 6.45) is -4.41. The van der Waals surface area contributed by atoms with Crippen LogP contribution < -0.4 is 0 Å². The lowest BCUT2D eigenvalue weighted by atomic mass is 10.1. The number of rotatable bonds is 0. The first-order valence-electron chi connectivity index (χ1n) is 4.37. The van der Waals surface area contributed by atoms with Crippen LogP contribution in [0.5, 0.6) is 0 Å². The lowest BCUT2D eigenvalue weighted by Gasteiger charge is -2.05. The van der Waals surface area contributed by atoms with Gasteiger partial charge in [-0.3, -0.25) is 4.68 Å². The summed E-state index contributed by atoms with van der Waals surface area (Å²) in [5.74, 6) is 0. The number of hydrogen-bond acceptors (Lipinski definition) is 2. The van der Waals surface area contributed by atoms with E-state index in [0.29, 0.717) is 5.52 Å². The smallest absolute Gasteiger partial charge is 0.257 e. The van der Waals surface area contributed by atoms with E-state index in [9.17, 15) is 13.2 Å². The van der Waals surface area contributed by atoms with Crippen molar-refractivity contribution >= 4 is 10.9 Å². The van der Waals surface area contributed by atoms with E-state index < -0.39 is 11.7 Å². The molecule has 0 amide bonds. The molecule has 2 rings (SSSR count). The van der Waals surface area contributed by atoms with Gasteiger partial charge in [-0.2, -0.15) is 23.5 Å². The second kappa shape index (κ2) is 3.23. The SMILES string of the molecule is Cn1nc2ccc(C(F)(F)F)cc2c1C#N. The monoisotopic (exact) mass is 225 g/mol. The van der Waals surface area contributed by atoms with Crippen molar-refractivity contribution in [3.8, 4) is 6.07 Å². The molecule has 82 valence electrons. The third-order valence-corrected chi connectivity index (χ3v) is 2.27. The maximum atomic E-state index is 12.4. The van der Waals surface area contributed by atoms with Gasteiger partial charge >= 0.3 is 6.18 Å². The molecule has 2 aromatic rings. The molecule has 0 spiro atoms. The lowest BCUT2D eigenvalue weighted by Crippen LogP contribution is -2.04. The minimum Gasteiger partial charge on any atom is -0.257 e. The molecule has 0 atom stereocenters. The van der Waals surface area contributed by atoms with Crippen LogP contribution >= 0.6 is 0 Å². The van der Waals surface area contributed by atoms with Crippen molar-refractivity contribution < 1.29 is 13.2 Å². The number of alkyl halides is 3. The van der Waals surface area contributed by atoms with Gasteiger partial charge in [0.15, 0.2) is 0 Å². The Morgan fingerprint density at radius 1 is 1.38 bits per heavy atom. The van der Waals surface area contributed by atoms with Gasteiger partial charge in [-0.15, -0.1) is 0 Å². The van der Waals surface area contributed by atoms with E-state index in [1.165, 1.54) is 17.8 Å². The summed E-state index contributed by atoms with van der Waals surface area (Å²) in [5, 5.41) is 13.0. The molecular formula is C10H6F3N3. The Hall–Kier alpha value is -2.03. The van der Waals surface area contributed by atoms with Crippen LogP contribution in [0.4, 0.5) is 13.2 Å². The summed E-state index contributed by atoms with van der Waals surface area (Å²) in [6.45, 7) is 0. The van der Waals surface area contributed by atoms with Crippen molar-refractivity contribution in [2.45, 2.75) is 6.18 Å². The van der Waals surface area contributed by atoms with Gasteiger partial charge in [0, 0.05) is 12.4 Å². The fourth-order valence-corrected chi connectivity index (χ4v) is 1.51. The van der Waals surface area contributed by atoms with Crippen LogP contribution in [-0.2, 0) is 13.2 Å². The standard InChI is InChI=1S/C10H6F3N3/c1-16-9(5-14)7-4-6(10(11,12)13)2-3-8(7)15-16/h2-4H,1H3. The summed E-state index contributed by atoms with van der Waals surface area (Å²) in [5.41, 5.74) is -0.266. The summed E-state index contributed by atoms with van der Waals surface area (Å²) < 4.78 is 38.6. The van der Waals surface area contributed by atoms with Crippen LogP contribution in [0, 0.1) is 11.3 Å².